The Morgan fingerprint density at radius 2 is 1.31 bits per heavy atom. The van der Waals surface area contributed by atoms with Crippen LogP contribution in [-0.4, -0.2) is 63.5 Å². The van der Waals surface area contributed by atoms with Gasteiger partial charge in [0.1, 0.15) is 18.8 Å². The lowest BCUT2D eigenvalue weighted by atomic mass is 10.1. The monoisotopic (exact) mass is 513 g/mol. The van der Waals surface area contributed by atoms with Crippen LogP contribution in [0, 0.1) is 11.8 Å². The van der Waals surface area contributed by atoms with Gasteiger partial charge in [-0.2, -0.15) is 0 Å². The number of carbonyl (C=O) groups is 4. The van der Waals surface area contributed by atoms with E-state index in [0.717, 1.165) is 7.11 Å². The van der Waals surface area contributed by atoms with Crippen molar-refractivity contribution in [1.82, 2.24) is 0 Å². The third-order valence-corrected chi connectivity index (χ3v) is 4.14. The fraction of sp³-hybridized carbons (Fsp3) is 0.583. The molecule has 0 saturated heterocycles. The van der Waals surface area contributed by atoms with Crippen LogP contribution >= 0.6 is 0 Å². The Hall–Kier alpha value is -3.54. The number of esters is 1. The van der Waals surface area contributed by atoms with E-state index in [4.69, 9.17) is 34.2 Å². The van der Waals surface area contributed by atoms with Crippen LogP contribution in [0.4, 0.5) is 14.4 Å². The number of rotatable bonds is 12. The Kier molecular flexibility index (Phi) is 13.1. The number of benzene rings is 1. The van der Waals surface area contributed by atoms with Crippen LogP contribution in [0.2, 0.25) is 0 Å². The van der Waals surface area contributed by atoms with E-state index in [0.29, 0.717) is 5.56 Å². The van der Waals surface area contributed by atoms with Crippen molar-refractivity contribution >= 4 is 24.4 Å². The van der Waals surface area contributed by atoms with Crippen molar-refractivity contribution in [2.45, 2.75) is 53.2 Å². The molecule has 0 bridgehead atoms. The maximum atomic E-state index is 12.3. The van der Waals surface area contributed by atoms with Crippen molar-refractivity contribution in [3.63, 3.8) is 0 Å². The molecular weight excluding hydrogens is 478 g/mol. The zero-order chi connectivity index (χ0) is 27.3. The molecule has 0 aromatic heterocycles. The molecule has 0 heterocycles. The van der Waals surface area contributed by atoms with Gasteiger partial charge in [0.2, 0.25) is 0 Å². The van der Waals surface area contributed by atoms with Crippen LogP contribution < -0.4 is 15.2 Å². The largest absolute Gasteiger partial charge is 0.513 e. The number of ether oxygens (including phenoxy) is 7. The summed E-state index contributed by atoms with van der Waals surface area (Å²) in [5, 5.41) is 0. The van der Waals surface area contributed by atoms with Crippen LogP contribution in [-0.2, 0) is 34.9 Å². The van der Waals surface area contributed by atoms with Crippen LogP contribution in [0.1, 0.15) is 40.2 Å². The molecule has 0 spiro atoms. The lowest BCUT2D eigenvalue weighted by molar-refractivity contribution is -0.152. The molecule has 0 aliphatic carbocycles. The van der Waals surface area contributed by atoms with Gasteiger partial charge in [0, 0.05) is 0 Å². The quantitative estimate of drug-likeness (QED) is 0.246. The lowest BCUT2D eigenvalue weighted by Crippen LogP contribution is -2.37. The molecule has 0 aliphatic heterocycles. The van der Waals surface area contributed by atoms with E-state index in [2.05, 4.69) is 4.74 Å². The Labute approximate surface area is 210 Å². The molecule has 202 valence electrons. The molecule has 12 nitrogen and oxygen atoms in total. The maximum Gasteiger partial charge on any atom is 0.513 e. The van der Waals surface area contributed by atoms with E-state index in [1.807, 2.05) is 27.7 Å². The normalized spacial score (nSPS) is 12.4. The second kappa shape index (κ2) is 15.5. The van der Waals surface area contributed by atoms with Crippen LogP contribution in [0.25, 0.3) is 0 Å². The predicted octanol–water partition coefficient (Wildman–Crippen LogP) is 3.61. The van der Waals surface area contributed by atoms with E-state index in [1.54, 1.807) is 0 Å². The molecule has 1 aromatic rings. The highest BCUT2D eigenvalue weighted by atomic mass is 16.7. The second-order valence-corrected chi connectivity index (χ2v) is 8.72. The summed E-state index contributed by atoms with van der Waals surface area (Å²) >= 11 is 0. The first kappa shape index (κ1) is 30.5. The van der Waals surface area contributed by atoms with E-state index in [-0.39, 0.29) is 49.6 Å². The zero-order valence-electron chi connectivity index (χ0n) is 21.4. The lowest BCUT2D eigenvalue weighted by Gasteiger charge is -2.17. The molecule has 0 radical (unpaired) electrons. The molecule has 0 saturated carbocycles. The first-order valence-electron chi connectivity index (χ1n) is 11.4. The summed E-state index contributed by atoms with van der Waals surface area (Å²) in [6, 6.07) is 3.21. The minimum Gasteiger partial charge on any atom is -0.458 e. The topological polar surface area (TPSA) is 159 Å². The first-order valence-corrected chi connectivity index (χ1v) is 11.4. The van der Waals surface area contributed by atoms with Crippen LogP contribution in [0.15, 0.2) is 18.2 Å². The molecule has 0 amide bonds. The molecule has 1 rings (SSSR count). The summed E-state index contributed by atoms with van der Waals surface area (Å²) in [5.74, 6) is -0.776. The van der Waals surface area contributed by atoms with Gasteiger partial charge in [0.15, 0.2) is 11.5 Å². The van der Waals surface area contributed by atoms with Gasteiger partial charge in [-0.1, -0.05) is 33.8 Å². The van der Waals surface area contributed by atoms with Crippen molar-refractivity contribution in [1.29, 1.82) is 0 Å². The third kappa shape index (κ3) is 12.2. The van der Waals surface area contributed by atoms with E-state index in [9.17, 15) is 19.2 Å². The summed E-state index contributed by atoms with van der Waals surface area (Å²) in [6.07, 6.45) is -3.63. The Morgan fingerprint density at radius 1 is 0.778 bits per heavy atom. The SMILES string of the molecule is COC(=O)OC[C@H](C)OC(=O)[C@@H](N)Cc1ccc(OC(=O)OCC(C)C)c(OC(=O)OCC(C)C)c1. The molecule has 2 N–H and O–H groups in total. The predicted molar refractivity (Wildman–Crippen MR) is 126 cm³/mol. The molecule has 0 fully saturated rings. The fourth-order valence-electron chi connectivity index (χ4n) is 2.45. The van der Waals surface area contributed by atoms with Crippen molar-refractivity contribution in [3.05, 3.63) is 23.8 Å². The van der Waals surface area contributed by atoms with E-state index < -0.39 is 36.6 Å². The molecule has 0 unspecified atom stereocenters. The Morgan fingerprint density at radius 3 is 1.83 bits per heavy atom. The smallest absolute Gasteiger partial charge is 0.458 e. The summed E-state index contributed by atoms with van der Waals surface area (Å²) in [5.41, 5.74) is 6.43. The van der Waals surface area contributed by atoms with Crippen LogP contribution in [0.3, 0.4) is 0 Å². The number of carbonyl (C=O) groups excluding carboxylic acids is 4. The van der Waals surface area contributed by atoms with Gasteiger partial charge < -0.3 is 38.9 Å². The highest BCUT2D eigenvalue weighted by molar-refractivity contribution is 5.76. The van der Waals surface area contributed by atoms with Crippen molar-refractivity contribution in [2.24, 2.45) is 17.6 Å². The highest BCUT2D eigenvalue weighted by Crippen LogP contribution is 2.30. The van der Waals surface area contributed by atoms with Gasteiger partial charge in [0.25, 0.3) is 0 Å². The van der Waals surface area contributed by atoms with Gasteiger partial charge in [-0.25, -0.2) is 14.4 Å². The Bertz CT molecular complexity index is 885. The molecule has 12 heteroatoms. The zero-order valence-corrected chi connectivity index (χ0v) is 21.4. The van der Waals surface area contributed by atoms with Gasteiger partial charge in [0.05, 0.1) is 20.3 Å². The van der Waals surface area contributed by atoms with Crippen LogP contribution in [0.5, 0.6) is 11.5 Å². The van der Waals surface area contributed by atoms with Crippen molar-refractivity contribution < 1.29 is 52.3 Å². The molecule has 1 aromatic carbocycles. The first-order chi connectivity index (χ1) is 16.9. The Balaban J connectivity index is 2.91. The van der Waals surface area contributed by atoms with Gasteiger partial charge >= 0.3 is 24.4 Å². The summed E-state index contributed by atoms with van der Waals surface area (Å²) in [7, 11) is 1.15. The minimum atomic E-state index is -1.09. The molecule has 0 aliphatic rings. The minimum absolute atomic E-state index is 0.00110. The number of hydrogen-bond acceptors (Lipinski definition) is 12. The second-order valence-electron chi connectivity index (χ2n) is 8.72. The molecule has 2 atom stereocenters. The summed E-state index contributed by atoms with van der Waals surface area (Å²) in [4.78, 5) is 47.4. The van der Waals surface area contributed by atoms with Crippen molar-refractivity contribution in [2.75, 3.05) is 26.9 Å². The average molecular weight is 514 g/mol. The fourth-order valence-corrected chi connectivity index (χ4v) is 2.45. The molecular formula is C24H35NO11. The standard InChI is InChI=1S/C24H35NO11/c1-14(2)11-31-23(28)35-19-8-7-17(10-20(19)36-24(29)32-12-15(3)4)9-18(25)21(26)34-16(5)13-33-22(27)30-6/h7-8,10,14-16,18H,9,11-13,25H2,1-6H3/t16-,18-/m0/s1. The third-order valence-electron chi connectivity index (χ3n) is 4.14. The molecule has 36 heavy (non-hydrogen) atoms. The van der Waals surface area contributed by atoms with E-state index >= 15 is 0 Å². The van der Waals surface area contributed by atoms with Gasteiger partial charge in [-0.05, 0) is 42.9 Å². The van der Waals surface area contributed by atoms with Gasteiger partial charge in [-0.15, -0.1) is 0 Å². The average Bonchev–Trinajstić information content (AvgIpc) is 2.81. The van der Waals surface area contributed by atoms with E-state index in [1.165, 1.54) is 25.1 Å². The highest BCUT2D eigenvalue weighted by Gasteiger charge is 2.22. The number of hydrogen-bond donors (Lipinski definition) is 1. The van der Waals surface area contributed by atoms with Crippen molar-refractivity contribution in [3.8, 4) is 11.5 Å². The van der Waals surface area contributed by atoms with Gasteiger partial charge in [-0.3, -0.25) is 4.79 Å². The number of nitrogens with two attached hydrogens (primary N) is 1. The maximum absolute atomic E-state index is 12.3. The summed E-state index contributed by atoms with van der Waals surface area (Å²) < 4.78 is 34.6. The summed E-state index contributed by atoms with van der Waals surface area (Å²) in [6.45, 7) is 9.02. The number of methoxy groups -OCH3 is 1.